The minimum absolute atomic E-state index is 0.223. The molecule has 2 N–H and O–H groups in total. The smallest absolute Gasteiger partial charge is 0.223 e. The lowest BCUT2D eigenvalue weighted by molar-refractivity contribution is -0.122. The minimum Gasteiger partial charge on any atom is -0.355 e. The Bertz CT molecular complexity index is 435. The Labute approximate surface area is 122 Å². The highest BCUT2D eigenvalue weighted by molar-refractivity contribution is 5.80. The van der Waals surface area contributed by atoms with E-state index in [2.05, 4.69) is 55.7 Å². The van der Waals surface area contributed by atoms with Crippen molar-refractivity contribution < 1.29 is 4.79 Å². The van der Waals surface area contributed by atoms with Gasteiger partial charge < -0.3 is 10.6 Å². The number of nitrogens with one attached hydrogen (secondary N) is 2. The zero-order chi connectivity index (χ0) is 14.5. The number of rotatable bonds is 7. The molecule has 1 saturated carbocycles. The van der Waals surface area contributed by atoms with Crippen molar-refractivity contribution in [2.75, 3.05) is 13.1 Å². The van der Waals surface area contributed by atoms with Gasteiger partial charge in [0.15, 0.2) is 0 Å². The maximum atomic E-state index is 11.5. The van der Waals surface area contributed by atoms with Crippen LogP contribution in [-0.2, 0) is 4.79 Å². The largest absolute Gasteiger partial charge is 0.355 e. The highest BCUT2D eigenvalue weighted by Gasteiger charge is 2.28. The molecule has 20 heavy (non-hydrogen) atoms. The van der Waals surface area contributed by atoms with Gasteiger partial charge in [-0.2, -0.15) is 0 Å². The first-order valence-electron chi connectivity index (χ1n) is 7.69. The van der Waals surface area contributed by atoms with Gasteiger partial charge in [-0.3, -0.25) is 4.79 Å². The number of hydrogen-bond acceptors (Lipinski definition) is 2. The maximum Gasteiger partial charge on any atom is 0.223 e. The molecule has 1 unspecified atom stereocenters. The van der Waals surface area contributed by atoms with Gasteiger partial charge in [0.05, 0.1) is 0 Å². The van der Waals surface area contributed by atoms with Gasteiger partial charge in [0.2, 0.25) is 5.91 Å². The summed E-state index contributed by atoms with van der Waals surface area (Å²) in [6.07, 6.45) is 2.13. The molecule has 1 aliphatic carbocycles. The van der Waals surface area contributed by atoms with Gasteiger partial charge in [0.1, 0.15) is 0 Å². The predicted octanol–water partition coefficient (Wildman–Crippen LogP) is 2.99. The van der Waals surface area contributed by atoms with E-state index in [0.29, 0.717) is 24.4 Å². The van der Waals surface area contributed by atoms with Crippen LogP contribution < -0.4 is 10.6 Å². The molecule has 1 atom stereocenters. The monoisotopic (exact) mass is 274 g/mol. The number of carbonyl (C=O) groups is 1. The quantitative estimate of drug-likeness (QED) is 0.751. The highest BCUT2D eigenvalue weighted by atomic mass is 16.2. The van der Waals surface area contributed by atoms with E-state index in [1.807, 2.05) is 0 Å². The molecule has 3 nitrogen and oxygen atoms in total. The molecule has 0 heterocycles. The molecule has 0 radical (unpaired) electrons. The molecule has 0 aliphatic heterocycles. The molecule has 0 aromatic heterocycles. The number of carbonyl (C=O) groups excluding carboxylic acids is 1. The van der Waals surface area contributed by atoms with Crippen LogP contribution in [0, 0.1) is 5.92 Å². The van der Waals surface area contributed by atoms with E-state index in [9.17, 15) is 4.79 Å². The second-order valence-electron chi connectivity index (χ2n) is 6.06. The van der Waals surface area contributed by atoms with E-state index in [-0.39, 0.29) is 5.91 Å². The van der Waals surface area contributed by atoms with Gasteiger partial charge in [-0.15, -0.1) is 0 Å². The van der Waals surface area contributed by atoms with Crippen molar-refractivity contribution in [3.8, 4) is 0 Å². The molecule has 1 aromatic carbocycles. The van der Waals surface area contributed by atoms with Crippen molar-refractivity contribution in [2.24, 2.45) is 5.92 Å². The lowest BCUT2D eigenvalue weighted by Gasteiger charge is -2.15. The van der Waals surface area contributed by atoms with Crippen LogP contribution >= 0.6 is 0 Å². The Balaban J connectivity index is 1.70. The SMILES string of the molecule is CC(C)c1ccc(C(C)NCCNC(=O)C2CC2)cc1. The summed E-state index contributed by atoms with van der Waals surface area (Å²) in [5, 5.41) is 6.42. The van der Waals surface area contributed by atoms with Crippen LogP contribution in [-0.4, -0.2) is 19.0 Å². The fourth-order valence-electron chi connectivity index (χ4n) is 2.25. The summed E-state index contributed by atoms with van der Waals surface area (Å²) >= 11 is 0. The first kappa shape index (κ1) is 15.0. The van der Waals surface area contributed by atoms with E-state index < -0.39 is 0 Å². The van der Waals surface area contributed by atoms with Crippen molar-refractivity contribution in [2.45, 2.75) is 45.6 Å². The molecule has 0 spiro atoms. The number of benzene rings is 1. The first-order chi connectivity index (χ1) is 9.58. The van der Waals surface area contributed by atoms with Crippen molar-refractivity contribution in [1.29, 1.82) is 0 Å². The van der Waals surface area contributed by atoms with Gasteiger partial charge in [0.25, 0.3) is 0 Å². The summed E-state index contributed by atoms with van der Waals surface area (Å²) in [4.78, 5) is 11.5. The Morgan fingerprint density at radius 1 is 1.10 bits per heavy atom. The van der Waals surface area contributed by atoms with Crippen LogP contribution in [0.3, 0.4) is 0 Å². The van der Waals surface area contributed by atoms with Gasteiger partial charge in [0, 0.05) is 25.0 Å². The Hall–Kier alpha value is -1.35. The van der Waals surface area contributed by atoms with Crippen LogP contribution in [0.4, 0.5) is 0 Å². The molecule has 2 rings (SSSR count). The van der Waals surface area contributed by atoms with Crippen molar-refractivity contribution >= 4 is 5.91 Å². The third-order valence-corrected chi connectivity index (χ3v) is 3.93. The van der Waals surface area contributed by atoms with Gasteiger partial charge in [-0.05, 0) is 36.8 Å². The van der Waals surface area contributed by atoms with Crippen molar-refractivity contribution in [3.05, 3.63) is 35.4 Å². The normalized spacial score (nSPS) is 16.2. The average molecular weight is 274 g/mol. The van der Waals surface area contributed by atoms with Gasteiger partial charge in [-0.25, -0.2) is 0 Å². The molecule has 110 valence electrons. The summed E-state index contributed by atoms with van der Waals surface area (Å²) in [6.45, 7) is 8.10. The van der Waals surface area contributed by atoms with Crippen LogP contribution in [0.1, 0.15) is 56.7 Å². The second-order valence-corrected chi connectivity index (χ2v) is 6.06. The van der Waals surface area contributed by atoms with Crippen molar-refractivity contribution in [3.63, 3.8) is 0 Å². The first-order valence-corrected chi connectivity index (χ1v) is 7.69. The maximum absolute atomic E-state index is 11.5. The Morgan fingerprint density at radius 2 is 1.70 bits per heavy atom. The molecular formula is C17H26N2O. The molecule has 1 fully saturated rings. The minimum atomic E-state index is 0.223. The van der Waals surface area contributed by atoms with Crippen LogP contribution in [0.2, 0.25) is 0 Å². The summed E-state index contributed by atoms with van der Waals surface area (Å²) in [6, 6.07) is 9.10. The molecular weight excluding hydrogens is 248 g/mol. The standard InChI is InChI=1S/C17H26N2O/c1-12(2)14-4-6-15(7-5-14)13(3)18-10-11-19-17(20)16-8-9-16/h4-7,12-13,16,18H,8-11H2,1-3H3,(H,19,20). The average Bonchev–Trinajstić information content (AvgIpc) is 3.27. The van der Waals surface area contributed by atoms with E-state index in [0.717, 1.165) is 19.4 Å². The van der Waals surface area contributed by atoms with Crippen LogP contribution in [0.15, 0.2) is 24.3 Å². The van der Waals surface area contributed by atoms with Gasteiger partial charge in [-0.1, -0.05) is 38.1 Å². The van der Waals surface area contributed by atoms with Crippen molar-refractivity contribution in [1.82, 2.24) is 10.6 Å². The Kier molecular flexibility index (Phi) is 5.18. The summed E-state index contributed by atoms with van der Waals surface area (Å²) in [7, 11) is 0. The molecule has 0 bridgehead atoms. The number of hydrogen-bond donors (Lipinski definition) is 2. The second kappa shape index (κ2) is 6.89. The predicted molar refractivity (Wildman–Crippen MR) is 82.7 cm³/mol. The lowest BCUT2D eigenvalue weighted by Crippen LogP contribution is -2.33. The zero-order valence-corrected chi connectivity index (χ0v) is 12.8. The topological polar surface area (TPSA) is 41.1 Å². The fourth-order valence-corrected chi connectivity index (χ4v) is 2.25. The molecule has 1 aromatic rings. The molecule has 1 amide bonds. The third-order valence-electron chi connectivity index (χ3n) is 3.93. The lowest BCUT2D eigenvalue weighted by atomic mass is 10.00. The summed E-state index contributed by atoms with van der Waals surface area (Å²) < 4.78 is 0. The van der Waals surface area contributed by atoms with Crippen LogP contribution in [0.25, 0.3) is 0 Å². The summed E-state index contributed by atoms with van der Waals surface area (Å²) in [5.41, 5.74) is 2.67. The molecule has 1 aliphatic rings. The Morgan fingerprint density at radius 3 is 2.25 bits per heavy atom. The molecule has 3 heteroatoms. The van der Waals surface area contributed by atoms with E-state index in [1.165, 1.54) is 11.1 Å². The third kappa shape index (κ3) is 4.34. The van der Waals surface area contributed by atoms with Crippen LogP contribution in [0.5, 0.6) is 0 Å². The summed E-state index contributed by atoms with van der Waals surface area (Å²) in [5.74, 6) is 1.10. The molecule has 0 saturated heterocycles. The zero-order valence-electron chi connectivity index (χ0n) is 12.8. The van der Waals surface area contributed by atoms with E-state index in [4.69, 9.17) is 0 Å². The highest BCUT2D eigenvalue weighted by Crippen LogP contribution is 2.28. The van der Waals surface area contributed by atoms with E-state index >= 15 is 0 Å². The number of amides is 1. The van der Waals surface area contributed by atoms with E-state index in [1.54, 1.807) is 0 Å². The van der Waals surface area contributed by atoms with Gasteiger partial charge >= 0.3 is 0 Å². The fraction of sp³-hybridized carbons (Fsp3) is 0.588.